The Hall–Kier alpha value is -3.64. The van der Waals surface area contributed by atoms with Gasteiger partial charge in [0, 0.05) is 29.2 Å². The number of carbonyl (C=O) groups excluding carboxylic acids is 2. The predicted molar refractivity (Wildman–Crippen MR) is 125 cm³/mol. The molecule has 2 heterocycles. The molecular weight excluding hydrogens is 423 g/mol. The van der Waals surface area contributed by atoms with Crippen LogP contribution in [0.2, 0.25) is 0 Å². The molecule has 1 saturated heterocycles. The first kappa shape index (κ1) is 20.3. The first-order valence-electron chi connectivity index (χ1n) is 10.2. The summed E-state index contributed by atoms with van der Waals surface area (Å²) in [7, 11) is 0. The van der Waals surface area contributed by atoms with Gasteiger partial charge in [0.05, 0.1) is 11.4 Å². The van der Waals surface area contributed by atoms with Gasteiger partial charge in [-0.3, -0.25) is 14.5 Å². The number of hydrogen-bond acceptors (Lipinski definition) is 3. The lowest BCUT2D eigenvalue weighted by Gasteiger charge is -2.12. The number of halogens is 1. The average molecular weight is 443 g/mol. The second kappa shape index (κ2) is 8.48. The Morgan fingerprint density at radius 2 is 1.50 bits per heavy atom. The van der Waals surface area contributed by atoms with E-state index in [0.717, 1.165) is 28.2 Å². The number of para-hydroxylation sites is 1. The molecule has 1 aromatic heterocycles. The lowest BCUT2D eigenvalue weighted by Crippen LogP contribution is -2.27. The topological polar surface area (TPSA) is 42.3 Å². The molecule has 4 nitrogen and oxygen atoms in total. The van der Waals surface area contributed by atoms with Crippen LogP contribution in [0.4, 0.5) is 9.18 Å². The minimum Gasteiger partial charge on any atom is -0.342 e. The van der Waals surface area contributed by atoms with E-state index < -0.39 is 0 Å². The number of hydrogen-bond donors (Lipinski definition) is 0. The Kier molecular flexibility index (Phi) is 5.37. The fourth-order valence-corrected chi connectivity index (χ4v) is 4.68. The van der Waals surface area contributed by atoms with Crippen LogP contribution in [0.15, 0.2) is 90.0 Å². The molecule has 0 saturated carbocycles. The van der Waals surface area contributed by atoms with Crippen molar-refractivity contribution in [3.8, 4) is 0 Å². The van der Waals surface area contributed by atoms with Gasteiger partial charge in [-0.1, -0.05) is 60.7 Å². The SMILES string of the molecule is O=C1S/C(=C\c2cn(Cc3ccccc3)c3ccccc23)C(=O)N1Cc1ccc(F)cc1. The first-order chi connectivity index (χ1) is 15.6. The lowest BCUT2D eigenvalue weighted by molar-refractivity contribution is -0.123. The van der Waals surface area contributed by atoms with E-state index in [-0.39, 0.29) is 23.5 Å². The second-order valence-electron chi connectivity index (χ2n) is 7.61. The normalized spacial score (nSPS) is 15.3. The maximum atomic E-state index is 13.2. The van der Waals surface area contributed by atoms with Gasteiger partial charge < -0.3 is 4.57 Å². The van der Waals surface area contributed by atoms with Crippen LogP contribution in [-0.4, -0.2) is 20.6 Å². The number of thioether (sulfide) groups is 1. The van der Waals surface area contributed by atoms with Crippen LogP contribution in [0.25, 0.3) is 17.0 Å². The van der Waals surface area contributed by atoms with E-state index in [1.807, 2.05) is 42.6 Å². The molecule has 1 aliphatic heterocycles. The van der Waals surface area contributed by atoms with Crippen molar-refractivity contribution in [1.29, 1.82) is 0 Å². The van der Waals surface area contributed by atoms with Gasteiger partial charge in [-0.15, -0.1) is 0 Å². The van der Waals surface area contributed by atoms with Crippen molar-refractivity contribution in [2.24, 2.45) is 0 Å². The van der Waals surface area contributed by atoms with Crippen LogP contribution in [0.1, 0.15) is 16.7 Å². The zero-order valence-corrected chi connectivity index (χ0v) is 17.9. The largest absolute Gasteiger partial charge is 0.342 e. The van der Waals surface area contributed by atoms with Crippen molar-refractivity contribution in [1.82, 2.24) is 9.47 Å². The quantitative estimate of drug-likeness (QED) is 0.353. The number of carbonyl (C=O) groups is 2. The highest BCUT2D eigenvalue weighted by Crippen LogP contribution is 2.35. The minimum absolute atomic E-state index is 0.123. The third-order valence-electron chi connectivity index (χ3n) is 5.43. The van der Waals surface area contributed by atoms with E-state index in [4.69, 9.17) is 0 Å². The van der Waals surface area contributed by atoms with Gasteiger partial charge in [0.2, 0.25) is 0 Å². The molecule has 0 bridgehead atoms. The Morgan fingerprint density at radius 1 is 0.812 bits per heavy atom. The Balaban J connectivity index is 1.45. The summed E-state index contributed by atoms with van der Waals surface area (Å²) in [5.74, 6) is -0.682. The van der Waals surface area contributed by atoms with Crippen LogP contribution in [0.3, 0.4) is 0 Å². The number of rotatable bonds is 5. The molecular formula is C26H19FN2O2S. The highest BCUT2D eigenvalue weighted by Gasteiger charge is 2.35. The van der Waals surface area contributed by atoms with E-state index in [9.17, 15) is 14.0 Å². The predicted octanol–water partition coefficient (Wildman–Crippen LogP) is 6.07. The molecule has 0 radical (unpaired) electrons. The van der Waals surface area contributed by atoms with Crippen LogP contribution in [0, 0.1) is 5.82 Å². The maximum Gasteiger partial charge on any atom is 0.293 e. The van der Waals surface area contributed by atoms with Crippen LogP contribution in [-0.2, 0) is 17.9 Å². The number of imide groups is 1. The summed E-state index contributed by atoms with van der Waals surface area (Å²) < 4.78 is 15.3. The lowest BCUT2D eigenvalue weighted by atomic mass is 10.1. The molecule has 1 aliphatic rings. The Labute approximate surface area is 189 Å². The summed E-state index contributed by atoms with van der Waals surface area (Å²) in [5.41, 5.74) is 3.84. The van der Waals surface area contributed by atoms with Crippen molar-refractivity contribution < 1.29 is 14.0 Å². The van der Waals surface area contributed by atoms with E-state index in [1.165, 1.54) is 22.6 Å². The van der Waals surface area contributed by atoms with Crippen molar-refractivity contribution >= 4 is 39.9 Å². The Morgan fingerprint density at radius 3 is 2.28 bits per heavy atom. The smallest absolute Gasteiger partial charge is 0.293 e. The van der Waals surface area contributed by atoms with Crippen molar-refractivity contribution in [3.05, 3.63) is 112 Å². The zero-order chi connectivity index (χ0) is 22.1. The zero-order valence-electron chi connectivity index (χ0n) is 17.1. The average Bonchev–Trinajstić information content (AvgIpc) is 3.28. The van der Waals surface area contributed by atoms with Crippen LogP contribution in [0.5, 0.6) is 0 Å². The molecule has 0 unspecified atom stereocenters. The van der Waals surface area contributed by atoms with Crippen LogP contribution >= 0.6 is 11.8 Å². The summed E-state index contributed by atoms with van der Waals surface area (Å²) in [6.45, 7) is 0.833. The fourth-order valence-electron chi connectivity index (χ4n) is 3.85. The van der Waals surface area contributed by atoms with Gasteiger partial charge in [-0.05, 0) is 47.2 Å². The summed E-state index contributed by atoms with van der Waals surface area (Å²) in [5, 5.41) is 0.701. The van der Waals surface area contributed by atoms with Gasteiger partial charge in [0.1, 0.15) is 5.82 Å². The fraction of sp³-hybridized carbons (Fsp3) is 0.0769. The second-order valence-corrected chi connectivity index (χ2v) is 8.60. The monoisotopic (exact) mass is 442 g/mol. The summed E-state index contributed by atoms with van der Waals surface area (Å²) in [6.07, 6.45) is 3.81. The highest BCUT2D eigenvalue weighted by molar-refractivity contribution is 8.18. The van der Waals surface area contributed by atoms with Crippen molar-refractivity contribution in [2.75, 3.05) is 0 Å². The molecule has 6 heteroatoms. The number of benzene rings is 3. The number of amides is 2. The van der Waals surface area contributed by atoms with E-state index in [0.29, 0.717) is 17.0 Å². The van der Waals surface area contributed by atoms with Gasteiger partial charge in [-0.2, -0.15) is 0 Å². The number of aromatic nitrogens is 1. The van der Waals surface area contributed by atoms with Gasteiger partial charge >= 0.3 is 0 Å². The van der Waals surface area contributed by atoms with Crippen LogP contribution < -0.4 is 0 Å². The summed E-state index contributed by atoms with van der Waals surface area (Å²) in [4.78, 5) is 27.1. The molecule has 32 heavy (non-hydrogen) atoms. The molecule has 0 aliphatic carbocycles. The van der Waals surface area contributed by atoms with Gasteiger partial charge in [-0.25, -0.2) is 4.39 Å². The molecule has 0 atom stereocenters. The molecule has 2 amide bonds. The molecule has 1 fully saturated rings. The van der Waals surface area contributed by atoms with Gasteiger partial charge in [0.25, 0.3) is 11.1 Å². The minimum atomic E-state index is -0.352. The summed E-state index contributed by atoms with van der Waals surface area (Å²) >= 11 is 0.936. The van der Waals surface area contributed by atoms with Crippen molar-refractivity contribution in [2.45, 2.75) is 13.1 Å². The number of nitrogens with zero attached hydrogens (tertiary/aromatic N) is 2. The standard InChI is InChI=1S/C26H19FN2O2S/c27-21-12-10-19(11-13-21)16-29-25(30)24(32-26(29)31)14-20-17-28(15-18-6-2-1-3-7-18)23-9-5-4-8-22(20)23/h1-14,17H,15-16H2/b24-14-. The molecule has 3 aromatic carbocycles. The van der Waals surface area contributed by atoms with Crippen molar-refractivity contribution in [3.63, 3.8) is 0 Å². The Bertz CT molecular complexity index is 1340. The molecule has 0 spiro atoms. The third-order valence-corrected chi connectivity index (χ3v) is 6.34. The summed E-state index contributed by atoms with van der Waals surface area (Å²) in [6, 6.07) is 24.0. The first-order valence-corrected chi connectivity index (χ1v) is 11.0. The highest BCUT2D eigenvalue weighted by atomic mass is 32.2. The third kappa shape index (κ3) is 3.97. The molecule has 158 valence electrons. The van der Waals surface area contributed by atoms with E-state index in [1.54, 1.807) is 18.2 Å². The van der Waals surface area contributed by atoms with E-state index in [2.05, 4.69) is 22.8 Å². The molecule has 5 rings (SSSR count). The number of fused-ring (bicyclic) bond motifs is 1. The molecule has 0 N–H and O–H groups in total. The van der Waals surface area contributed by atoms with E-state index >= 15 is 0 Å². The molecule has 4 aromatic rings. The van der Waals surface area contributed by atoms with Gasteiger partial charge in [0.15, 0.2) is 0 Å². The maximum absolute atomic E-state index is 13.2.